The Morgan fingerprint density at radius 1 is 1.53 bits per heavy atom. The van der Waals surface area contributed by atoms with Crippen LogP contribution in [0.15, 0.2) is 24.0 Å². The van der Waals surface area contributed by atoms with Gasteiger partial charge in [-0.2, -0.15) is 0 Å². The van der Waals surface area contributed by atoms with E-state index in [-0.39, 0.29) is 5.57 Å². The van der Waals surface area contributed by atoms with E-state index in [0.717, 1.165) is 6.42 Å². The first-order valence-corrected chi connectivity index (χ1v) is 5.15. The van der Waals surface area contributed by atoms with E-state index in [0.29, 0.717) is 24.7 Å². The van der Waals surface area contributed by atoms with Gasteiger partial charge in [-0.3, -0.25) is 0 Å². The highest BCUT2D eigenvalue weighted by molar-refractivity contribution is 5.86. The Bertz CT molecular complexity index is 252. The Labute approximate surface area is 91.4 Å². The largest absolute Gasteiger partial charge is 0.493 e. The summed E-state index contributed by atoms with van der Waals surface area (Å²) in [6.07, 6.45) is 3.21. The van der Waals surface area contributed by atoms with E-state index >= 15 is 0 Å². The molecule has 0 aliphatic heterocycles. The second-order valence-electron chi connectivity index (χ2n) is 3.89. The minimum Gasteiger partial charge on any atom is -0.493 e. The molecule has 0 fully saturated rings. The monoisotopic (exact) mass is 212 g/mol. The molecule has 0 aromatic carbocycles. The van der Waals surface area contributed by atoms with Crippen LogP contribution in [0.5, 0.6) is 0 Å². The molecule has 0 heterocycles. The van der Waals surface area contributed by atoms with E-state index in [9.17, 15) is 4.79 Å². The zero-order chi connectivity index (χ0) is 11.8. The Kier molecular flexibility index (Phi) is 6.50. The fourth-order valence-electron chi connectivity index (χ4n) is 1.07. The highest BCUT2D eigenvalue weighted by atomic mass is 16.5. The Morgan fingerprint density at radius 3 is 2.53 bits per heavy atom. The van der Waals surface area contributed by atoms with Crippen LogP contribution >= 0.6 is 0 Å². The third-order valence-corrected chi connectivity index (χ3v) is 2.06. The third kappa shape index (κ3) is 5.94. The number of hydrogen-bond donors (Lipinski definition) is 1. The van der Waals surface area contributed by atoms with Crippen molar-refractivity contribution in [3.63, 3.8) is 0 Å². The van der Waals surface area contributed by atoms with Gasteiger partial charge in [-0.1, -0.05) is 26.5 Å². The summed E-state index contributed by atoms with van der Waals surface area (Å²) in [7, 11) is 0. The number of carboxylic acids is 1. The summed E-state index contributed by atoms with van der Waals surface area (Å²) in [5, 5.41) is 8.85. The molecule has 0 unspecified atom stereocenters. The van der Waals surface area contributed by atoms with Gasteiger partial charge >= 0.3 is 5.97 Å². The van der Waals surface area contributed by atoms with Crippen LogP contribution in [0.4, 0.5) is 0 Å². The lowest BCUT2D eigenvalue weighted by molar-refractivity contribution is -0.132. The van der Waals surface area contributed by atoms with Crippen molar-refractivity contribution >= 4 is 5.97 Å². The first-order valence-electron chi connectivity index (χ1n) is 5.15. The maximum Gasteiger partial charge on any atom is 0.334 e. The Hall–Kier alpha value is -1.25. The molecule has 0 aliphatic rings. The number of rotatable bonds is 7. The molecular weight excluding hydrogens is 192 g/mol. The van der Waals surface area contributed by atoms with Crippen LogP contribution in [-0.4, -0.2) is 17.7 Å². The first kappa shape index (κ1) is 13.8. The maximum absolute atomic E-state index is 10.8. The summed E-state index contributed by atoms with van der Waals surface area (Å²) < 4.78 is 5.35. The number of ether oxygens (including phenoxy) is 1. The highest BCUT2D eigenvalue weighted by Gasteiger charge is 2.11. The number of carbonyl (C=O) groups is 1. The molecular formula is C12H20O3. The fraction of sp³-hybridized carbons (Fsp3) is 0.583. The summed E-state index contributed by atoms with van der Waals surface area (Å²) in [4.78, 5) is 10.8. The highest BCUT2D eigenvalue weighted by Crippen LogP contribution is 2.16. The van der Waals surface area contributed by atoms with Gasteiger partial charge in [0, 0.05) is 6.42 Å². The van der Waals surface area contributed by atoms with Gasteiger partial charge in [0.05, 0.1) is 5.57 Å². The predicted octanol–water partition coefficient (Wildman–Crippen LogP) is 2.98. The maximum atomic E-state index is 10.8. The van der Waals surface area contributed by atoms with Crippen molar-refractivity contribution in [3.8, 4) is 0 Å². The number of aliphatic carboxylic acids is 1. The van der Waals surface area contributed by atoms with Gasteiger partial charge in [0.25, 0.3) is 0 Å². The summed E-state index contributed by atoms with van der Waals surface area (Å²) in [5.74, 6) is 0.183. The van der Waals surface area contributed by atoms with E-state index < -0.39 is 5.97 Å². The van der Waals surface area contributed by atoms with Crippen molar-refractivity contribution in [1.29, 1.82) is 0 Å². The van der Waals surface area contributed by atoms with E-state index in [1.807, 2.05) is 0 Å². The molecule has 3 heteroatoms. The third-order valence-electron chi connectivity index (χ3n) is 2.06. The average molecular weight is 212 g/mol. The number of hydrogen-bond acceptors (Lipinski definition) is 2. The molecule has 0 bridgehead atoms. The second kappa shape index (κ2) is 7.10. The van der Waals surface area contributed by atoms with E-state index in [2.05, 4.69) is 20.4 Å². The van der Waals surface area contributed by atoms with Gasteiger partial charge in [0.15, 0.2) is 0 Å². The summed E-state index contributed by atoms with van der Waals surface area (Å²) >= 11 is 0. The molecule has 0 aliphatic carbocycles. The summed E-state index contributed by atoms with van der Waals surface area (Å²) in [5.41, 5.74) is 0.289. The molecule has 0 spiro atoms. The molecule has 0 aromatic heterocycles. The number of carboxylic acid groups (broad SMARTS) is 1. The van der Waals surface area contributed by atoms with Crippen LogP contribution in [0.3, 0.4) is 0 Å². The van der Waals surface area contributed by atoms with Gasteiger partial charge in [-0.25, -0.2) is 4.79 Å². The lowest BCUT2D eigenvalue weighted by Gasteiger charge is -2.12. The quantitative estimate of drug-likeness (QED) is 0.401. The molecule has 86 valence electrons. The zero-order valence-corrected chi connectivity index (χ0v) is 9.75. The van der Waals surface area contributed by atoms with Crippen LogP contribution < -0.4 is 0 Å². The van der Waals surface area contributed by atoms with Crippen LogP contribution in [-0.2, 0) is 9.53 Å². The normalized spacial score (nSPS) is 12.3. The van der Waals surface area contributed by atoms with Crippen LogP contribution in [0.1, 0.15) is 33.6 Å². The summed E-state index contributed by atoms with van der Waals surface area (Å²) in [6.45, 7) is 9.66. The zero-order valence-electron chi connectivity index (χ0n) is 9.75. The fourth-order valence-corrected chi connectivity index (χ4v) is 1.07. The molecule has 0 aromatic rings. The average Bonchev–Trinajstić information content (AvgIpc) is 2.16. The van der Waals surface area contributed by atoms with Gasteiger partial charge < -0.3 is 9.84 Å². The van der Waals surface area contributed by atoms with Crippen molar-refractivity contribution in [2.45, 2.75) is 33.6 Å². The van der Waals surface area contributed by atoms with Crippen molar-refractivity contribution < 1.29 is 14.6 Å². The van der Waals surface area contributed by atoms with Crippen molar-refractivity contribution in [3.05, 3.63) is 24.0 Å². The Morgan fingerprint density at radius 2 is 2.13 bits per heavy atom. The minimum atomic E-state index is -0.919. The van der Waals surface area contributed by atoms with Crippen molar-refractivity contribution in [2.75, 3.05) is 6.61 Å². The number of allylic oxidation sites excluding steroid dienone is 1. The second-order valence-corrected chi connectivity index (χ2v) is 3.89. The molecule has 0 saturated heterocycles. The Balaban J connectivity index is 4.49. The first-order chi connectivity index (χ1) is 6.99. The van der Waals surface area contributed by atoms with Crippen molar-refractivity contribution in [1.82, 2.24) is 0 Å². The van der Waals surface area contributed by atoms with E-state index in [4.69, 9.17) is 9.84 Å². The van der Waals surface area contributed by atoms with Crippen LogP contribution in [0, 0.1) is 5.92 Å². The molecule has 0 amide bonds. The standard InChI is InChI=1S/C12H20O3/c1-5-8-15-11(7-6-9(2)3)10(4)12(13)14/h5,9H,1,6-8H2,2-4H3,(H,13,14)/b11-10-. The molecule has 0 radical (unpaired) electrons. The topological polar surface area (TPSA) is 46.5 Å². The lowest BCUT2D eigenvalue weighted by atomic mass is 10.1. The van der Waals surface area contributed by atoms with Gasteiger partial charge in [-0.15, -0.1) is 0 Å². The van der Waals surface area contributed by atoms with Crippen LogP contribution in [0.2, 0.25) is 0 Å². The van der Waals surface area contributed by atoms with E-state index in [1.165, 1.54) is 0 Å². The van der Waals surface area contributed by atoms with Crippen molar-refractivity contribution in [2.24, 2.45) is 5.92 Å². The molecule has 0 saturated carbocycles. The molecule has 0 atom stereocenters. The van der Waals surface area contributed by atoms with Crippen LogP contribution in [0.25, 0.3) is 0 Å². The molecule has 1 N–H and O–H groups in total. The summed E-state index contributed by atoms with van der Waals surface area (Å²) in [6, 6.07) is 0. The smallest absolute Gasteiger partial charge is 0.334 e. The lowest BCUT2D eigenvalue weighted by Crippen LogP contribution is -2.05. The molecule has 3 nitrogen and oxygen atoms in total. The molecule has 15 heavy (non-hydrogen) atoms. The van der Waals surface area contributed by atoms with Gasteiger partial charge in [0.2, 0.25) is 0 Å². The van der Waals surface area contributed by atoms with Gasteiger partial charge in [0.1, 0.15) is 12.4 Å². The van der Waals surface area contributed by atoms with E-state index in [1.54, 1.807) is 13.0 Å². The molecule has 0 rings (SSSR count). The minimum absolute atomic E-state index is 0.289. The van der Waals surface area contributed by atoms with Gasteiger partial charge in [-0.05, 0) is 19.3 Å². The SMILES string of the molecule is C=CCO/C(CCC(C)C)=C(/C)C(=O)O. The predicted molar refractivity (Wildman–Crippen MR) is 60.6 cm³/mol.